The third-order valence-electron chi connectivity index (χ3n) is 3.66. The van der Waals surface area contributed by atoms with Crippen molar-refractivity contribution in [3.05, 3.63) is 0 Å². The van der Waals surface area contributed by atoms with E-state index < -0.39 is 0 Å². The maximum absolute atomic E-state index is 5.36. The molecule has 0 spiro atoms. The van der Waals surface area contributed by atoms with Gasteiger partial charge in [-0.25, -0.2) is 0 Å². The number of hydrogen-bond acceptors (Lipinski definition) is 5. The van der Waals surface area contributed by atoms with Gasteiger partial charge in [-0.3, -0.25) is 9.80 Å². The molecule has 106 valence electrons. The van der Waals surface area contributed by atoms with Gasteiger partial charge in [0.1, 0.15) is 0 Å². The van der Waals surface area contributed by atoms with E-state index in [4.69, 9.17) is 9.47 Å². The Morgan fingerprint density at radius 2 is 1.50 bits per heavy atom. The third-order valence-corrected chi connectivity index (χ3v) is 3.66. The smallest absolute Gasteiger partial charge is 0.0594 e. The topological polar surface area (TPSA) is 37.0 Å². The second kappa shape index (κ2) is 8.07. The molecular weight excluding hydrogens is 230 g/mol. The lowest BCUT2D eigenvalue weighted by atomic mass is 10.3. The Hall–Kier alpha value is -0.200. The lowest BCUT2D eigenvalue weighted by Gasteiger charge is -2.30. The summed E-state index contributed by atoms with van der Waals surface area (Å²) in [6, 6.07) is 0.559. The van der Waals surface area contributed by atoms with Crippen LogP contribution in [0.1, 0.15) is 6.92 Å². The fourth-order valence-electron chi connectivity index (χ4n) is 2.53. The number of ether oxygens (including phenoxy) is 2. The number of rotatable bonds is 6. The summed E-state index contributed by atoms with van der Waals surface area (Å²) in [5, 5.41) is 3.61. The van der Waals surface area contributed by atoms with Crippen LogP contribution in [-0.2, 0) is 9.47 Å². The van der Waals surface area contributed by atoms with E-state index >= 15 is 0 Å². The molecule has 2 aliphatic heterocycles. The van der Waals surface area contributed by atoms with Crippen LogP contribution >= 0.6 is 0 Å². The van der Waals surface area contributed by atoms with Crippen LogP contribution in [0.3, 0.4) is 0 Å². The van der Waals surface area contributed by atoms with Gasteiger partial charge in [-0.2, -0.15) is 0 Å². The van der Waals surface area contributed by atoms with Gasteiger partial charge in [0, 0.05) is 51.9 Å². The normalized spacial score (nSPS) is 25.2. The first-order valence-corrected chi connectivity index (χ1v) is 7.18. The molecule has 2 heterocycles. The average Bonchev–Trinajstić information content (AvgIpc) is 2.41. The zero-order valence-electron chi connectivity index (χ0n) is 11.6. The molecule has 1 unspecified atom stereocenters. The highest BCUT2D eigenvalue weighted by Gasteiger charge is 2.14. The van der Waals surface area contributed by atoms with E-state index in [-0.39, 0.29) is 0 Å². The Morgan fingerprint density at radius 1 is 0.944 bits per heavy atom. The fourth-order valence-corrected chi connectivity index (χ4v) is 2.53. The maximum Gasteiger partial charge on any atom is 0.0594 e. The van der Waals surface area contributed by atoms with E-state index in [0.29, 0.717) is 6.04 Å². The van der Waals surface area contributed by atoms with Crippen molar-refractivity contribution in [1.82, 2.24) is 15.1 Å². The average molecular weight is 257 g/mol. The number of hydrogen-bond donors (Lipinski definition) is 1. The fraction of sp³-hybridized carbons (Fsp3) is 1.00. The summed E-state index contributed by atoms with van der Waals surface area (Å²) in [6.45, 7) is 13.5. The predicted octanol–water partition coefficient (Wildman–Crippen LogP) is -0.371. The molecule has 0 bridgehead atoms. The standard InChI is InChI=1S/C13H27N3O2/c1-13(12-16-6-10-18-11-7-16)14-2-3-15-4-8-17-9-5-15/h13-14H,2-12H2,1H3. The minimum Gasteiger partial charge on any atom is -0.379 e. The molecule has 0 aromatic rings. The van der Waals surface area contributed by atoms with Crippen molar-refractivity contribution in [1.29, 1.82) is 0 Å². The highest BCUT2D eigenvalue weighted by atomic mass is 16.5. The number of nitrogens with zero attached hydrogens (tertiary/aromatic N) is 2. The SMILES string of the molecule is CC(CN1CCOCC1)NCCN1CCOCC1. The van der Waals surface area contributed by atoms with Gasteiger partial charge >= 0.3 is 0 Å². The van der Waals surface area contributed by atoms with Gasteiger partial charge < -0.3 is 14.8 Å². The summed E-state index contributed by atoms with van der Waals surface area (Å²) in [6.07, 6.45) is 0. The number of nitrogens with one attached hydrogen (secondary N) is 1. The minimum atomic E-state index is 0.559. The largest absolute Gasteiger partial charge is 0.379 e. The molecule has 5 nitrogen and oxygen atoms in total. The zero-order valence-corrected chi connectivity index (χ0v) is 11.6. The summed E-state index contributed by atoms with van der Waals surface area (Å²) in [4.78, 5) is 4.95. The van der Waals surface area contributed by atoms with Gasteiger partial charge in [0.2, 0.25) is 0 Å². The van der Waals surface area contributed by atoms with Crippen LogP contribution in [0.25, 0.3) is 0 Å². The second-order valence-electron chi connectivity index (χ2n) is 5.22. The molecule has 0 aromatic carbocycles. The van der Waals surface area contributed by atoms with E-state index in [9.17, 15) is 0 Å². The molecule has 5 heteroatoms. The van der Waals surface area contributed by atoms with E-state index in [0.717, 1.165) is 72.2 Å². The van der Waals surface area contributed by atoms with Crippen molar-refractivity contribution in [3.63, 3.8) is 0 Å². The van der Waals surface area contributed by atoms with Gasteiger partial charge in [0.15, 0.2) is 0 Å². The van der Waals surface area contributed by atoms with Crippen molar-refractivity contribution in [2.45, 2.75) is 13.0 Å². The van der Waals surface area contributed by atoms with Crippen molar-refractivity contribution in [2.75, 3.05) is 72.2 Å². The molecule has 0 aliphatic carbocycles. The first-order valence-electron chi connectivity index (χ1n) is 7.18. The molecule has 0 amide bonds. The third kappa shape index (κ3) is 5.20. The van der Waals surface area contributed by atoms with Gasteiger partial charge in [-0.05, 0) is 6.92 Å². The van der Waals surface area contributed by atoms with Crippen LogP contribution in [0.15, 0.2) is 0 Å². The Balaban J connectivity index is 1.52. The van der Waals surface area contributed by atoms with Crippen LogP contribution in [-0.4, -0.2) is 88.1 Å². The van der Waals surface area contributed by atoms with E-state index in [2.05, 4.69) is 22.0 Å². The minimum absolute atomic E-state index is 0.559. The Morgan fingerprint density at radius 3 is 2.11 bits per heavy atom. The Kier molecular flexibility index (Phi) is 6.37. The summed E-state index contributed by atoms with van der Waals surface area (Å²) in [5.74, 6) is 0. The maximum atomic E-state index is 5.36. The van der Waals surface area contributed by atoms with Crippen molar-refractivity contribution in [3.8, 4) is 0 Å². The van der Waals surface area contributed by atoms with Gasteiger partial charge in [0.05, 0.1) is 26.4 Å². The van der Waals surface area contributed by atoms with Crippen LogP contribution in [0, 0.1) is 0 Å². The van der Waals surface area contributed by atoms with Gasteiger partial charge in [-0.15, -0.1) is 0 Å². The first kappa shape index (κ1) is 14.2. The molecule has 2 rings (SSSR count). The van der Waals surface area contributed by atoms with Crippen molar-refractivity contribution >= 4 is 0 Å². The molecule has 0 radical (unpaired) electrons. The van der Waals surface area contributed by atoms with E-state index in [1.54, 1.807) is 0 Å². The Labute approximate surface area is 110 Å². The monoisotopic (exact) mass is 257 g/mol. The quantitative estimate of drug-likeness (QED) is 0.703. The van der Waals surface area contributed by atoms with Crippen LogP contribution < -0.4 is 5.32 Å². The highest BCUT2D eigenvalue weighted by Crippen LogP contribution is 1.99. The summed E-state index contributed by atoms with van der Waals surface area (Å²) < 4.78 is 10.7. The van der Waals surface area contributed by atoms with E-state index in [1.807, 2.05) is 0 Å². The molecule has 18 heavy (non-hydrogen) atoms. The molecule has 0 aromatic heterocycles. The predicted molar refractivity (Wildman–Crippen MR) is 72.0 cm³/mol. The van der Waals surface area contributed by atoms with Crippen molar-refractivity contribution in [2.24, 2.45) is 0 Å². The molecule has 1 atom stereocenters. The van der Waals surface area contributed by atoms with Crippen LogP contribution in [0.2, 0.25) is 0 Å². The number of morpholine rings is 2. The summed E-state index contributed by atoms with van der Waals surface area (Å²) in [7, 11) is 0. The zero-order chi connectivity index (χ0) is 12.6. The molecule has 2 aliphatic rings. The molecule has 0 saturated carbocycles. The highest BCUT2D eigenvalue weighted by molar-refractivity contribution is 4.71. The molecule has 1 N–H and O–H groups in total. The lowest BCUT2D eigenvalue weighted by molar-refractivity contribution is 0.0319. The van der Waals surface area contributed by atoms with Crippen LogP contribution in [0.4, 0.5) is 0 Å². The molecule has 2 fully saturated rings. The van der Waals surface area contributed by atoms with Gasteiger partial charge in [-0.1, -0.05) is 0 Å². The van der Waals surface area contributed by atoms with Crippen molar-refractivity contribution < 1.29 is 9.47 Å². The summed E-state index contributed by atoms with van der Waals surface area (Å²) >= 11 is 0. The van der Waals surface area contributed by atoms with Gasteiger partial charge in [0.25, 0.3) is 0 Å². The molecule has 2 saturated heterocycles. The first-order chi connectivity index (χ1) is 8.84. The molecular formula is C13H27N3O2. The summed E-state index contributed by atoms with van der Waals surface area (Å²) in [5.41, 5.74) is 0. The Bertz CT molecular complexity index is 216. The lowest BCUT2D eigenvalue weighted by Crippen LogP contribution is -2.47. The van der Waals surface area contributed by atoms with E-state index in [1.165, 1.54) is 0 Å². The van der Waals surface area contributed by atoms with Crippen LogP contribution in [0.5, 0.6) is 0 Å². The second-order valence-corrected chi connectivity index (χ2v) is 5.22.